The molecule has 0 aliphatic rings. The van der Waals surface area contributed by atoms with Gasteiger partial charge in [0.05, 0.1) is 4.47 Å². The molecule has 3 nitrogen and oxygen atoms in total. The summed E-state index contributed by atoms with van der Waals surface area (Å²) in [5, 5.41) is 8.81. The lowest BCUT2D eigenvalue weighted by molar-refractivity contribution is -0.0503. The molecule has 0 unspecified atom stereocenters. The van der Waals surface area contributed by atoms with E-state index in [0.29, 0.717) is 4.47 Å². The molecule has 0 fully saturated rings. The minimum absolute atomic E-state index is 0.160. The molecule has 15 heavy (non-hydrogen) atoms. The standard InChI is InChI=1S/C8H4Br2F2O3/c9-3-1-2-4(15-8(11)12)5(6(3)10)7(13)14/h1-2,8H,(H,13,14). The molecule has 1 aromatic carbocycles. The molecule has 0 amide bonds. The summed E-state index contributed by atoms with van der Waals surface area (Å²) < 4.78 is 28.6. The highest BCUT2D eigenvalue weighted by molar-refractivity contribution is 9.13. The van der Waals surface area contributed by atoms with Crippen LogP contribution in [0, 0.1) is 0 Å². The van der Waals surface area contributed by atoms with Crippen LogP contribution in [0.4, 0.5) is 8.78 Å². The SMILES string of the molecule is O=C(O)c1c(OC(F)F)ccc(Br)c1Br. The van der Waals surface area contributed by atoms with Crippen molar-refractivity contribution in [3.8, 4) is 5.75 Å². The van der Waals surface area contributed by atoms with Gasteiger partial charge in [-0.3, -0.25) is 0 Å². The Morgan fingerprint density at radius 2 is 2.00 bits per heavy atom. The Hall–Kier alpha value is -0.690. The molecule has 0 aliphatic heterocycles. The Labute approximate surface area is 100 Å². The molecule has 0 saturated heterocycles. The van der Waals surface area contributed by atoms with Crippen LogP contribution in [0.25, 0.3) is 0 Å². The Balaban J connectivity index is 3.27. The fourth-order valence-electron chi connectivity index (χ4n) is 0.926. The van der Waals surface area contributed by atoms with Gasteiger partial charge in [0, 0.05) is 4.47 Å². The molecular weight excluding hydrogens is 342 g/mol. The summed E-state index contributed by atoms with van der Waals surface area (Å²) in [4.78, 5) is 10.8. The van der Waals surface area contributed by atoms with Gasteiger partial charge in [0.1, 0.15) is 11.3 Å². The van der Waals surface area contributed by atoms with E-state index in [0.717, 1.165) is 6.07 Å². The van der Waals surface area contributed by atoms with Crippen molar-refractivity contribution in [2.45, 2.75) is 6.61 Å². The van der Waals surface area contributed by atoms with Gasteiger partial charge in [0.2, 0.25) is 0 Å². The van der Waals surface area contributed by atoms with E-state index >= 15 is 0 Å². The zero-order valence-electron chi connectivity index (χ0n) is 7.01. The van der Waals surface area contributed by atoms with E-state index in [1.54, 1.807) is 0 Å². The van der Waals surface area contributed by atoms with Gasteiger partial charge in [-0.2, -0.15) is 8.78 Å². The number of carboxylic acids is 1. The minimum atomic E-state index is -3.06. The second-order valence-corrected chi connectivity index (χ2v) is 4.07. The first-order valence-electron chi connectivity index (χ1n) is 3.59. The van der Waals surface area contributed by atoms with E-state index in [1.807, 2.05) is 0 Å². The molecule has 7 heteroatoms. The molecule has 1 N–H and O–H groups in total. The fourth-order valence-corrected chi connectivity index (χ4v) is 1.75. The summed E-state index contributed by atoms with van der Waals surface area (Å²) in [6.07, 6.45) is 0. The fraction of sp³-hybridized carbons (Fsp3) is 0.125. The van der Waals surface area contributed by atoms with Crippen LogP contribution in [0.2, 0.25) is 0 Å². The number of hydrogen-bond donors (Lipinski definition) is 1. The van der Waals surface area contributed by atoms with Crippen LogP contribution in [-0.2, 0) is 0 Å². The van der Waals surface area contributed by atoms with Crippen LogP contribution in [-0.4, -0.2) is 17.7 Å². The highest BCUT2D eigenvalue weighted by atomic mass is 79.9. The summed E-state index contributed by atoms with van der Waals surface area (Å²) >= 11 is 6.03. The third-order valence-electron chi connectivity index (χ3n) is 1.49. The maximum absolute atomic E-state index is 12.0. The highest BCUT2D eigenvalue weighted by Crippen LogP contribution is 2.34. The molecule has 0 bridgehead atoms. The molecule has 0 spiro atoms. The average molecular weight is 346 g/mol. The largest absolute Gasteiger partial charge is 0.478 e. The third-order valence-corrected chi connectivity index (χ3v) is 3.50. The van der Waals surface area contributed by atoms with Crippen molar-refractivity contribution in [3.63, 3.8) is 0 Å². The molecule has 0 atom stereocenters. The summed E-state index contributed by atoms with van der Waals surface area (Å²) in [5.74, 6) is -1.73. The summed E-state index contributed by atoms with van der Waals surface area (Å²) in [6, 6.07) is 2.57. The topological polar surface area (TPSA) is 46.5 Å². The Morgan fingerprint density at radius 3 is 2.47 bits per heavy atom. The van der Waals surface area contributed by atoms with Crippen LogP contribution in [0.3, 0.4) is 0 Å². The van der Waals surface area contributed by atoms with E-state index in [9.17, 15) is 13.6 Å². The predicted octanol–water partition coefficient (Wildman–Crippen LogP) is 3.51. The van der Waals surface area contributed by atoms with Crippen LogP contribution in [0.1, 0.15) is 10.4 Å². The number of carboxylic acid groups (broad SMARTS) is 1. The summed E-state index contributed by atoms with van der Waals surface area (Å²) in [7, 11) is 0. The maximum Gasteiger partial charge on any atom is 0.387 e. The van der Waals surface area contributed by atoms with Gasteiger partial charge < -0.3 is 9.84 Å². The second kappa shape index (κ2) is 4.89. The quantitative estimate of drug-likeness (QED) is 0.911. The number of alkyl halides is 2. The lowest BCUT2D eigenvalue weighted by atomic mass is 10.2. The first kappa shape index (κ1) is 12.4. The number of benzene rings is 1. The van der Waals surface area contributed by atoms with Crippen LogP contribution in [0.5, 0.6) is 5.75 Å². The number of rotatable bonds is 3. The number of aromatic carboxylic acids is 1. The lowest BCUT2D eigenvalue weighted by Crippen LogP contribution is -2.08. The molecule has 0 radical (unpaired) electrons. The highest BCUT2D eigenvalue weighted by Gasteiger charge is 2.20. The molecule has 0 heterocycles. The molecule has 82 valence electrons. The van der Waals surface area contributed by atoms with Gasteiger partial charge in [-0.15, -0.1) is 0 Å². The average Bonchev–Trinajstić information content (AvgIpc) is 2.10. The Bertz CT molecular complexity index is 396. The summed E-state index contributed by atoms with van der Waals surface area (Å²) in [5.41, 5.74) is -0.343. The molecule has 0 aromatic heterocycles. The van der Waals surface area contributed by atoms with Gasteiger partial charge in [-0.25, -0.2) is 4.79 Å². The minimum Gasteiger partial charge on any atom is -0.478 e. The number of carbonyl (C=O) groups is 1. The summed E-state index contributed by atoms with van der Waals surface area (Å²) in [6.45, 7) is -3.06. The monoisotopic (exact) mass is 344 g/mol. The van der Waals surface area contributed by atoms with Crippen LogP contribution in [0.15, 0.2) is 21.1 Å². The maximum atomic E-state index is 12.0. The van der Waals surface area contributed by atoms with E-state index in [1.165, 1.54) is 6.07 Å². The van der Waals surface area contributed by atoms with Crippen LogP contribution >= 0.6 is 31.9 Å². The lowest BCUT2D eigenvalue weighted by Gasteiger charge is -2.10. The molecular formula is C8H4Br2F2O3. The van der Waals surface area contributed by atoms with Gasteiger partial charge in [0.25, 0.3) is 0 Å². The normalized spacial score (nSPS) is 10.5. The van der Waals surface area contributed by atoms with Crippen molar-refractivity contribution in [1.29, 1.82) is 0 Å². The Kier molecular flexibility index (Phi) is 4.04. The number of ether oxygens (including phenoxy) is 1. The van der Waals surface area contributed by atoms with E-state index in [2.05, 4.69) is 36.6 Å². The van der Waals surface area contributed by atoms with E-state index < -0.39 is 12.6 Å². The first-order chi connectivity index (χ1) is 6.93. The first-order valence-corrected chi connectivity index (χ1v) is 5.18. The van der Waals surface area contributed by atoms with Gasteiger partial charge in [0.15, 0.2) is 0 Å². The zero-order chi connectivity index (χ0) is 11.6. The zero-order valence-corrected chi connectivity index (χ0v) is 10.2. The van der Waals surface area contributed by atoms with Crippen LogP contribution < -0.4 is 4.74 Å². The smallest absolute Gasteiger partial charge is 0.387 e. The van der Waals surface area contributed by atoms with Crippen molar-refractivity contribution < 1.29 is 23.4 Å². The van der Waals surface area contributed by atoms with Crippen molar-refractivity contribution >= 4 is 37.8 Å². The second-order valence-electron chi connectivity index (χ2n) is 2.42. The third kappa shape index (κ3) is 2.88. The predicted molar refractivity (Wildman–Crippen MR) is 55.4 cm³/mol. The number of halogens is 4. The van der Waals surface area contributed by atoms with Crippen molar-refractivity contribution in [1.82, 2.24) is 0 Å². The number of hydrogen-bond acceptors (Lipinski definition) is 2. The van der Waals surface area contributed by atoms with E-state index in [4.69, 9.17) is 5.11 Å². The van der Waals surface area contributed by atoms with Crippen molar-refractivity contribution in [2.24, 2.45) is 0 Å². The molecule has 1 aromatic rings. The Morgan fingerprint density at radius 1 is 1.40 bits per heavy atom. The van der Waals surface area contributed by atoms with Gasteiger partial charge in [-0.05, 0) is 44.0 Å². The van der Waals surface area contributed by atoms with Gasteiger partial charge >= 0.3 is 12.6 Å². The van der Waals surface area contributed by atoms with Gasteiger partial charge in [-0.1, -0.05) is 0 Å². The van der Waals surface area contributed by atoms with Crippen molar-refractivity contribution in [3.05, 3.63) is 26.6 Å². The van der Waals surface area contributed by atoms with Crippen molar-refractivity contribution in [2.75, 3.05) is 0 Å². The van der Waals surface area contributed by atoms with E-state index in [-0.39, 0.29) is 15.8 Å². The molecule has 0 saturated carbocycles. The molecule has 0 aliphatic carbocycles. The molecule has 1 rings (SSSR count).